The molecule has 0 aromatic heterocycles. The summed E-state index contributed by atoms with van der Waals surface area (Å²) in [5.41, 5.74) is 4.82. The van der Waals surface area contributed by atoms with E-state index in [1.165, 1.54) is 34.6 Å². The number of nitrogens with zero attached hydrogens (tertiary/aromatic N) is 1. The normalized spacial score (nSPS) is 14.9. The molecule has 0 saturated heterocycles. The first-order valence-corrected chi connectivity index (χ1v) is 10.4. The first kappa shape index (κ1) is 19.6. The highest BCUT2D eigenvalue weighted by atomic mass is 32.2. The fourth-order valence-electron chi connectivity index (χ4n) is 2.95. The fourth-order valence-corrected chi connectivity index (χ4v) is 4.14. The Morgan fingerprint density at radius 3 is 2.48 bits per heavy atom. The number of aliphatic imine (C=N–C) groups is 1. The Kier molecular flexibility index (Phi) is 6.99. The summed E-state index contributed by atoms with van der Waals surface area (Å²) in [6, 6.07) is 16.6. The minimum atomic E-state index is 0.615. The Hall–Kier alpha value is -2.20. The average Bonchev–Trinajstić information content (AvgIpc) is 3.55. The van der Waals surface area contributed by atoms with E-state index in [2.05, 4.69) is 31.2 Å². The summed E-state index contributed by atoms with van der Waals surface area (Å²) in [7, 11) is 3.39. The molecule has 2 aromatic carbocycles. The van der Waals surface area contributed by atoms with Crippen LogP contribution < -0.4 is 4.74 Å². The maximum absolute atomic E-state index is 5.27. The predicted octanol–water partition coefficient (Wildman–Crippen LogP) is 6.47. The van der Waals surface area contributed by atoms with Crippen LogP contribution in [0.1, 0.15) is 37.3 Å². The van der Waals surface area contributed by atoms with Crippen molar-refractivity contribution < 1.29 is 9.47 Å². The maximum Gasteiger partial charge on any atom is 0.119 e. The Balaban J connectivity index is 1.77. The van der Waals surface area contributed by atoms with Crippen molar-refractivity contribution in [3.05, 3.63) is 65.9 Å². The lowest BCUT2D eigenvalue weighted by atomic mass is 10.00. The van der Waals surface area contributed by atoms with E-state index in [0.29, 0.717) is 5.92 Å². The molecular formula is C23H27NO2S. The highest BCUT2D eigenvalue weighted by Crippen LogP contribution is 2.38. The molecule has 0 aliphatic heterocycles. The summed E-state index contributed by atoms with van der Waals surface area (Å²) < 4.78 is 10.5. The fraction of sp³-hybridized carbons (Fsp3) is 0.348. The maximum atomic E-state index is 5.27. The Morgan fingerprint density at radius 2 is 1.85 bits per heavy atom. The molecule has 1 aliphatic carbocycles. The molecule has 1 aliphatic rings. The number of thioether (sulfide) groups is 1. The molecule has 2 aromatic rings. The van der Waals surface area contributed by atoms with Gasteiger partial charge >= 0.3 is 0 Å². The predicted molar refractivity (Wildman–Crippen MR) is 116 cm³/mol. The number of methoxy groups -OCH3 is 2. The van der Waals surface area contributed by atoms with Crippen molar-refractivity contribution in [3.8, 4) is 5.75 Å². The van der Waals surface area contributed by atoms with Crippen LogP contribution >= 0.6 is 11.8 Å². The molecule has 0 radical (unpaired) electrons. The van der Waals surface area contributed by atoms with Crippen LogP contribution in [0, 0.1) is 5.92 Å². The molecule has 0 unspecified atom stereocenters. The van der Waals surface area contributed by atoms with Crippen molar-refractivity contribution in [1.82, 2.24) is 0 Å². The van der Waals surface area contributed by atoms with Crippen molar-refractivity contribution in [3.63, 3.8) is 0 Å². The third kappa shape index (κ3) is 5.39. The van der Waals surface area contributed by atoms with Crippen molar-refractivity contribution in [2.75, 3.05) is 14.2 Å². The van der Waals surface area contributed by atoms with Crippen LogP contribution in [0.3, 0.4) is 0 Å². The minimum absolute atomic E-state index is 0.615. The molecular weight excluding hydrogens is 354 g/mol. The van der Waals surface area contributed by atoms with Crippen LogP contribution in [-0.2, 0) is 10.5 Å². The number of benzene rings is 2. The zero-order valence-electron chi connectivity index (χ0n) is 16.3. The Bertz CT molecular complexity index is 807. The van der Waals surface area contributed by atoms with E-state index in [0.717, 1.165) is 23.6 Å². The monoisotopic (exact) mass is 381 g/mol. The van der Waals surface area contributed by atoms with Gasteiger partial charge in [0, 0.05) is 11.7 Å². The molecule has 4 heteroatoms. The van der Waals surface area contributed by atoms with Gasteiger partial charge in [0.15, 0.2) is 0 Å². The molecule has 0 heterocycles. The molecule has 0 amide bonds. The van der Waals surface area contributed by atoms with E-state index < -0.39 is 0 Å². The van der Waals surface area contributed by atoms with Gasteiger partial charge in [0.25, 0.3) is 0 Å². The summed E-state index contributed by atoms with van der Waals surface area (Å²) in [5, 5.41) is 1.24. The van der Waals surface area contributed by atoms with Crippen molar-refractivity contribution in [1.29, 1.82) is 0 Å². The molecule has 142 valence electrons. The van der Waals surface area contributed by atoms with Gasteiger partial charge in [-0.3, -0.25) is 0 Å². The summed E-state index contributed by atoms with van der Waals surface area (Å²) in [4.78, 5) is 4.93. The molecule has 0 bridgehead atoms. The standard InChI is InChI=1S/C23H27NO2S/c1-4-17(15-25-2)22-8-6-5-7-19(22)16-27-23(18-9-10-18)24-20-11-13-21(26-3)14-12-20/h5-8,11-15,18H,4,9-10,16H2,1-3H3. The SMILES string of the molecule is CCC(=COC)c1ccccc1CSC(=Nc1ccc(OC)cc1)C1CC1. The second kappa shape index (κ2) is 9.65. The smallest absolute Gasteiger partial charge is 0.119 e. The first-order valence-electron chi connectivity index (χ1n) is 9.40. The van der Waals surface area contributed by atoms with E-state index in [4.69, 9.17) is 14.5 Å². The van der Waals surface area contributed by atoms with E-state index in [1.54, 1.807) is 14.2 Å². The summed E-state index contributed by atoms with van der Waals surface area (Å²) in [6.45, 7) is 2.16. The highest BCUT2D eigenvalue weighted by Gasteiger charge is 2.28. The summed E-state index contributed by atoms with van der Waals surface area (Å²) >= 11 is 1.86. The van der Waals surface area contributed by atoms with E-state index in [-0.39, 0.29) is 0 Å². The lowest BCUT2D eigenvalue weighted by Crippen LogP contribution is -1.98. The van der Waals surface area contributed by atoms with Gasteiger partial charge < -0.3 is 9.47 Å². The van der Waals surface area contributed by atoms with Crippen LogP contribution in [0.15, 0.2) is 59.8 Å². The molecule has 1 saturated carbocycles. The lowest BCUT2D eigenvalue weighted by Gasteiger charge is -2.12. The average molecular weight is 382 g/mol. The van der Waals surface area contributed by atoms with Crippen molar-refractivity contribution in [2.45, 2.75) is 31.9 Å². The van der Waals surface area contributed by atoms with Gasteiger partial charge in [-0.15, -0.1) is 11.8 Å². The van der Waals surface area contributed by atoms with Gasteiger partial charge in [-0.1, -0.05) is 31.2 Å². The van der Waals surface area contributed by atoms with Gasteiger partial charge in [-0.25, -0.2) is 4.99 Å². The van der Waals surface area contributed by atoms with Gasteiger partial charge in [0.2, 0.25) is 0 Å². The third-order valence-electron chi connectivity index (χ3n) is 4.62. The molecule has 27 heavy (non-hydrogen) atoms. The lowest BCUT2D eigenvalue weighted by molar-refractivity contribution is 0.339. The van der Waals surface area contributed by atoms with Crippen LogP contribution in [0.2, 0.25) is 0 Å². The number of hydrogen-bond donors (Lipinski definition) is 0. The number of allylic oxidation sites excluding steroid dienone is 1. The van der Waals surface area contributed by atoms with Crippen molar-refractivity contribution >= 4 is 28.1 Å². The van der Waals surface area contributed by atoms with Gasteiger partial charge in [-0.2, -0.15) is 0 Å². The topological polar surface area (TPSA) is 30.8 Å². The summed E-state index contributed by atoms with van der Waals surface area (Å²) in [5.74, 6) is 2.40. The Morgan fingerprint density at radius 1 is 1.11 bits per heavy atom. The zero-order chi connectivity index (χ0) is 19.1. The minimum Gasteiger partial charge on any atom is -0.504 e. The Labute approximate surface area is 166 Å². The number of hydrogen-bond acceptors (Lipinski definition) is 4. The summed E-state index contributed by atoms with van der Waals surface area (Å²) in [6.07, 6.45) is 5.29. The van der Waals surface area contributed by atoms with E-state index in [9.17, 15) is 0 Å². The zero-order valence-corrected chi connectivity index (χ0v) is 17.1. The van der Waals surface area contributed by atoms with Crippen molar-refractivity contribution in [2.24, 2.45) is 10.9 Å². The molecule has 3 nitrogen and oxygen atoms in total. The molecule has 3 rings (SSSR count). The van der Waals surface area contributed by atoms with Gasteiger partial charge in [0.05, 0.1) is 31.2 Å². The van der Waals surface area contributed by atoms with Crippen LogP contribution in [0.25, 0.3) is 5.57 Å². The van der Waals surface area contributed by atoms with E-state index >= 15 is 0 Å². The van der Waals surface area contributed by atoms with Crippen LogP contribution in [0.4, 0.5) is 5.69 Å². The molecule has 0 spiro atoms. The van der Waals surface area contributed by atoms with Crippen LogP contribution in [0.5, 0.6) is 5.75 Å². The number of rotatable bonds is 8. The largest absolute Gasteiger partial charge is 0.504 e. The quantitative estimate of drug-likeness (QED) is 0.298. The number of ether oxygens (including phenoxy) is 2. The van der Waals surface area contributed by atoms with Gasteiger partial charge in [0.1, 0.15) is 5.75 Å². The van der Waals surface area contributed by atoms with E-state index in [1.807, 2.05) is 42.3 Å². The highest BCUT2D eigenvalue weighted by molar-refractivity contribution is 8.13. The van der Waals surface area contributed by atoms with Crippen LogP contribution in [-0.4, -0.2) is 19.3 Å². The second-order valence-electron chi connectivity index (χ2n) is 6.60. The molecule has 0 atom stereocenters. The third-order valence-corrected chi connectivity index (χ3v) is 5.79. The second-order valence-corrected chi connectivity index (χ2v) is 7.60. The molecule has 1 fully saturated rings. The first-order chi connectivity index (χ1) is 13.2. The van der Waals surface area contributed by atoms with Gasteiger partial charge in [-0.05, 0) is 60.2 Å². The molecule has 0 N–H and O–H groups in total.